The summed E-state index contributed by atoms with van der Waals surface area (Å²) in [5.74, 6) is -1.00. The first-order valence-corrected chi connectivity index (χ1v) is 9.67. The molecule has 0 radical (unpaired) electrons. The summed E-state index contributed by atoms with van der Waals surface area (Å²) in [6.45, 7) is 0.275. The van der Waals surface area contributed by atoms with Crippen LogP contribution >= 0.6 is 0 Å². The molecule has 0 bridgehead atoms. The van der Waals surface area contributed by atoms with E-state index in [1.807, 2.05) is 30.3 Å². The van der Waals surface area contributed by atoms with Crippen LogP contribution < -0.4 is 10.5 Å². The molecular formula is C23H19FN4O4. The maximum Gasteiger partial charge on any atom is 0.338 e. The van der Waals surface area contributed by atoms with Gasteiger partial charge in [0.1, 0.15) is 5.82 Å². The molecule has 0 fully saturated rings. The van der Waals surface area contributed by atoms with Crippen molar-refractivity contribution in [3.63, 3.8) is 0 Å². The number of carboxylic acids is 1. The zero-order valence-corrected chi connectivity index (χ0v) is 17.1. The van der Waals surface area contributed by atoms with E-state index in [-0.39, 0.29) is 18.5 Å². The number of halogens is 1. The highest BCUT2D eigenvalue weighted by molar-refractivity contribution is 5.87. The Kier molecular flexibility index (Phi) is 5.91. The van der Waals surface area contributed by atoms with Crippen LogP contribution in [0.5, 0.6) is 5.88 Å². The Labute approximate surface area is 182 Å². The van der Waals surface area contributed by atoms with Crippen molar-refractivity contribution in [1.29, 1.82) is 0 Å². The molecule has 2 heterocycles. The molecule has 0 aliphatic rings. The van der Waals surface area contributed by atoms with Gasteiger partial charge in [0.25, 0.3) is 5.89 Å². The number of aromatic nitrogens is 3. The maximum absolute atomic E-state index is 13.9. The molecular weight excluding hydrogens is 415 g/mol. The first kappa shape index (κ1) is 21.1. The molecule has 4 aromatic rings. The van der Waals surface area contributed by atoms with Crippen LogP contribution in [0.25, 0.3) is 22.6 Å². The maximum atomic E-state index is 13.9. The van der Waals surface area contributed by atoms with Gasteiger partial charge in [0.2, 0.25) is 5.88 Å². The second-order valence-corrected chi connectivity index (χ2v) is 6.95. The number of benzene rings is 2. The fourth-order valence-electron chi connectivity index (χ4n) is 3.38. The van der Waals surface area contributed by atoms with Crippen LogP contribution in [0.1, 0.15) is 27.3 Å². The zero-order chi connectivity index (χ0) is 22.7. The number of rotatable bonds is 7. The molecule has 2 aromatic heterocycles. The van der Waals surface area contributed by atoms with E-state index < -0.39 is 11.8 Å². The van der Waals surface area contributed by atoms with Crippen molar-refractivity contribution in [2.24, 2.45) is 5.73 Å². The molecule has 0 saturated carbocycles. The molecule has 32 heavy (non-hydrogen) atoms. The average molecular weight is 434 g/mol. The number of aromatic carboxylic acids is 1. The number of hydrogen-bond donors (Lipinski definition) is 2. The normalized spacial score (nSPS) is 10.8. The lowest BCUT2D eigenvalue weighted by Gasteiger charge is -2.12. The fraction of sp³-hybridized carbons (Fsp3) is 0.130. The number of ether oxygens (including phenoxy) is 1. The summed E-state index contributed by atoms with van der Waals surface area (Å²) < 4.78 is 24.6. The zero-order valence-electron chi connectivity index (χ0n) is 17.1. The minimum atomic E-state index is -1.32. The largest absolute Gasteiger partial charge is 0.481 e. The van der Waals surface area contributed by atoms with Crippen LogP contribution in [0, 0.1) is 5.82 Å². The van der Waals surface area contributed by atoms with Gasteiger partial charge in [-0.05, 0) is 53.1 Å². The van der Waals surface area contributed by atoms with Gasteiger partial charge >= 0.3 is 5.97 Å². The summed E-state index contributed by atoms with van der Waals surface area (Å²) in [5.41, 5.74) is 9.35. The molecule has 0 unspecified atom stereocenters. The van der Waals surface area contributed by atoms with Crippen molar-refractivity contribution in [1.82, 2.24) is 15.1 Å². The van der Waals surface area contributed by atoms with Crippen molar-refractivity contribution < 1.29 is 23.6 Å². The Morgan fingerprint density at radius 3 is 2.75 bits per heavy atom. The highest BCUT2D eigenvalue weighted by atomic mass is 19.1. The Morgan fingerprint density at radius 2 is 2.03 bits per heavy atom. The number of carboxylic acid groups (broad SMARTS) is 1. The molecule has 2 aromatic carbocycles. The number of methoxy groups -OCH3 is 1. The van der Waals surface area contributed by atoms with Gasteiger partial charge in [-0.15, -0.1) is 0 Å². The van der Waals surface area contributed by atoms with E-state index >= 15 is 0 Å². The summed E-state index contributed by atoms with van der Waals surface area (Å²) in [4.78, 5) is 19.6. The van der Waals surface area contributed by atoms with Gasteiger partial charge in [0.15, 0.2) is 5.82 Å². The van der Waals surface area contributed by atoms with E-state index in [1.165, 1.54) is 12.1 Å². The van der Waals surface area contributed by atoms with Crippen molar-refractivity contribution >= 4 is 5.97 Å². The third-order valence-electron chi connectivity index (χ3n) is 4.92. The van der Waals surface area contributed by atoms with Gasteiger partial charge in [-0.1, -0.05) is 17.3 Å². The second-order valence-electron chi connectivity index (χ2n) is 6.95. The average Bonchev–Trinajstić information content (AvgIpc) is 3.27. The lowest BCUT2D eigenvalue weighted by atomic mass is 9.98. The van der Waals surface area contributed by atoms with Crippen molar-refractivity contribution in [2.45, 2.75) is 13.0 Å². The number of nitrogens with zero attached hydrogens (tertiary/aromatic N) is 3. The molecule has 0 aliphatic carbocycles. The summed E-state index contributed by atoms with van der Waals surface area (Å²) in [6, 6.07) is 13.2. The lowest BCUT2D eigenvalue weighted by molar-refractivity contribution is 0.0692. The van der Waals surface area contributed by atoms with E-state index in [0.717, 1.165) is 22.8 Å². The lowest BCUT2D eigenvalue weighted by Crippen LogP contribution is -2.02. The quantitative estimate of drug-likeness (QED) is 0.451. The van der Waals surface area contributed by atoms with E-state index in [4.69, 9.17) is 20.1 Å². The van der Waals surface area contributed by atoms with Gasteiger partial charge < -0.3 is 20.1 Å². The monoisotopic (exact) mass is 434 g/mol. The van der Waals surface area contributed by atoms with Gasteiger partial charge in [-0.3, -0.25) is 0 Å². The molecule has 8 nitrogen and oxygen atoms in total. The summed E-state index contributed by atoms with van der Waals surface area (Å²) >= 11 is 0. The molecule has 9 heteroatoms. The SMILES string of the molecule is COc1ncccc1-c1ccc(-c2nc(Cc3ccc(C(=O)O)c(F)c3)no2)cc1CN. The second kappa shape index (κ2) is 8.94. The Balaban J connectivity index is 1.60. The van der Waals surface area contributed by atoms with Crippen molar-refractivity contribution in [3.05, 3.63) is 83.1 Å². The summed E-state index contributed by atoms with van der Waals surface area (Å²) in [7, 11) is 1.56. The highest BCUT2D eigenvalue weighted by Gasteiger charge is 2.16. The van der Waals surface area contributed by atoms with Gasteiger partial charge in [-0.25, -0.2) is 14.2 Å². The number of carbonyl (C=O) groups is 1. The molecule has 3 N–H and O–H groups in total. The van der Waals surface area contributed by atoms with Crippen LogP contribution in [0.2, 0.25) is 0 Å². The number of pyridine rings is 1. The minimum absolute atomic E-state index is 0.190. The highest BCUT2D eigenvalue weighted by Crippen LogP contribution is 2.33. The smallest absolute Gasteiger partial charge is 0.338 e. The van der Waals surface area contributed by atoms with Crippen LogP contribution in [0.4, 0.5) is 4.39 Å². The predicted molar refractivity (Wildman–Crippen MR) is 114 cm³/mol. The van der Waals surface area contributed by atoms with E-state index in [9.17, 15) is 9.18 Å². The first-order valence-electron chi connectivity index (χ1n) is 9.67. The minimum Gasteiger partial charge on any atom is -0.481 e. The van der Waals surface area contributed by atoms with Crippen LogP contribution in [0.15, 0.2) is 59.3 Å². The molecule has 162 valence electrons. The Hall–Kier alpha value is -4.11. The predicted octanol–water partition coefficient (Wildman–Crippen LogP) is 3.69. The number of nitrogens with two attached hydrogens (primary N) is 1. The first-order chi connectivity index (χ1) is 15.5. The third kappa shape index (κ3) is 4.19. The molecule has 0 atom stereocenters. The molecule has 0 aliphatic heterocycles. The van der Waals surface area contributed by atoms with Crippen LogP contribution in [-0.4, -0.2) is 33.3 Å². The molecule has 0 saturated heterocycles. The molecule has 0 spiro atoms. The number of hydrogen-bond acceptors (Lipinski definition) is 7. The molecule has 0 amide bonds. The van der Waals surface area contributed by atoms with Crippen LogP contribution in [-0.2, 0) is 13.0 Å². The van der Waals surface area contributed by atoms with E-state index in [0.29, 0.717) is 28.7 Å². The summed E-state index contributed by atoms with van der Waals surface area (Å²) in [6.07, 6.45) is 1.84. The standard InChI is InChI=1S/C23H19FN4O4/c1-31-22-17(3-2-8-26-22)16-7-5-14(11-15(16)12-25)21-27-20(28-32-21)10-13-4-6-18(23(29)30)19(24)9-13/h2-9,11H,10,12,25H2,1H3,(H,29,30). The van der Waals surface area contributed by atoms with Crippen LogP contribution in [0.3, 0.4) is 0 Å². The molecule has 4 rings (SSSR count). The topological polar surface area (TPSA) is 124 Å². The van der Waals surface area contributed by atoms with E-state index in [1.54, 1.807) is 13.3 Å². The Bertz CT molecular complexity index is 1290. The van der Waals surface area contributed by atoms with Crippen molar-refractivity contribution in [2.75, 3.05) is 7.11 Å². The fourth-order valence-corrected chi connectivity index (χ4v) is 3.38. The van der Waals surface area contributed by atoms with Gasteiger partial charge in [0, 0.05) is 30.3 Å². The van der Waals surface area contributed by atoms with Crippen molar-refractivity contribution in [3.8, 4) is 28.5 Å². The third-order valence-corrected chi connectivity index (χ3v) is 4.92. The van der Waals surface area contributed by atoms with E-state index in [2.05, 4.69) is 15.1 Å². The van der Waals surface area contributed by atoms with Gasteiger partial charge in [0.05, 0.1) is 12.7 Å². The van der Waals surface area contributed by atoms with Gasteiger partial charge in [-0.2, -0.15) is 4.98 Å². The Morgan fingerprint density at radius 1 is 1.19 bits per heavy atom. The summed E-state index contributed by atoms with van der Waals surface area (Å²) in [5, 5.41) is 12.9.